The highest BCUT2D eigenvalue weighted by atomic mass is 28.6. The third kappa shape index (κ3) is 6.74. The third-order valence-electron chi connectivity index (χ3n) is 12.3. The lowest BCUT2D eigenvalue weighted by Crippen LogP contribution is -2.88. The molecule has 31 heteroatoms. The largest absolute Gasteiger partial charge is 0.708 e. The average molecular weight is 923 g/mol. The fraction of sp³-hybridized carbons (Fsp3) is 1.00. The van der Waals surface area contributed by atoms with Crippen molar-refractivity contribution in [3.63, 3.8) is 0 Å². The monoisotopic (exact) mass is 921 g/mol. The highest BCUT2D eigenvalue weighted by Gasteiger charge is 2.97. The number of rotatable bonds is 19. The van der Waals surface area contributed by atoms with Crippen LogP contribution in [-0.4, -0.2) is 133 Å². The molecule has 0 aliphatic carbocycles. The summed E-state index contributed by atoms with van der Waals surface area (Å²) in [5, 5.41) is 7.45. The van der Waals surface area contributed by atoms with Crippen molar-refractivity contribution in [1.29, 1.82) is 0 Å². The zero-order chi connectivity index (χ0) is 41.4. The molecule has 3 saturated heterocycles. The number of nitrogens with zero attached hydrogens (tertiary/aromatic N) is 8. The van der Waals surface area contributed by atoms with Gasteiger partial charge in [0.2, 0.25) is 0 Å². The van der Waals surface area contributed by atoms with Crippen molar-refractivity contribution < 1.29 is 29.4 Å². The topological polar surface area (TPSA) is 248 Å². The highest BCUT2D eigenvalue weighted by Crippen LogP contribution is 2.80. The smallest absolute Gasteiger partial charge is 0.418 e. The van der Waals surface area contributed by atoms with E-state index in [1.165, 1.54) is 14.2 Å². The van der Waals surface area contributed by atoms with Gasteiger partial charge < -0.3 is 47.5 Å². The lowest BCUT2D eigenvalue weighted by Gasteiger charge is -2.70. The Labute approximate surface area is 323 Å². The second-order valence-electron chi connectivity index (χ2n) is 17.3. The molecule has 0 saturated carbocycles. The quantitative estimate of drug-likeness (QED) is 0.140. The van der Waals surface area contributed by atoms with Gasteiger partial charge in [-0.05, 0) is 105 Å². The fourth-order valence-corrected chi connectivity index (χ4v) is 65.2. The number of hydrogen-bond acceptors (Lipinski definition) is 21. The Hall–Kier alpha value is -0.271. The molecule has 21 nitrogen and oxygen atoms in total. The summed E-state index contributed by atoms with van der Waals surface area (Å²) in [6.45, 7) is 30.7. The van der Waals surface area contributed by atoms with Crippen molar-refractivity contribution in [2.45, 2.75) is 114 Å². The fourth-order valence-electron chi connectivity index (χ4n) is 9.74. The first kappa shape index (κ1) is 47.1. The molecule has 3 heterocycles. The van der Waals surface area contributed by atoms with Crippen LogP contribution < -0.4 is 5.40 Å². The van der Waals surface area contributed by atoms with Crippen molar-refractivity contribution in [3.05, 3.63) is 24.5 Å². The van der Waals surface area contributed by atoms with Gasteiger partial charge in [0.15, 0.2) is 34.2 Å². The maximum Gasteiger partial charge on any atom is 0.708 e. The normalized spacial score (nSPS) is 32.8. The van der Waals surface area contributed by atoms with Crippen LogP contribution in [0, 0.1) is 24.5 Å². The van der Waals surface area contributed by atoms with Gasteiger partial charge in [0.1, 0.15) is 8.24 Å². The standard InChI is InChI=1S/C22H59N9O12Si10/c1-19-20-22(21(2,3)31(46(12,13)23)48(16,17)30(5)47(14,15)29(4)45(9,10)11)44(8)39-51(22,38-7)41-50(20,40-49(19,18)37-6)42-53(27-35,28-36)43-52(24-32,25-33)26-34/h19-20,44H,23H2,1-18H3/t19-,20+,22-,44?,49?,50?,51?/m1/s1. The van der Waals surface area contributed by atoms with Gasteiger partial charge in [0.05, 0.1) is 4.66 Å². The van der Waals surface area contributed by atoms with Crippen LogP contribution in [0.2, 0.25) is 87.8 Å². The van der Waals surface area contributed by atoms with Crippen LogP contribution in [0.25, 0.3) is 0 Å². The van der Waals surface area contributed by atoms with E-state index in [1.54, 1.807) is 0 Å². The number of hydrogen-bond donors (Lipinski definition) is 1. The molecule has 0 radical (unpaired) electrons. The van der Waals surface area contributed by atoms with Crippen LogP contribution in [0.3, 0.4) is 0 Å². The van der Waals surface area contributed by atoms with Crippen LogP contribution in [0.4, 0.5) is 0 Å². The Morgan fingerprint density at radius 3 is 1.66 bits per heavy atom. The number of nitroso groups, excluding NO2 is 5. The predicted molar refractivity (Wildman–Crippen MR) is 223 cm³/mol. The van der Waals surface area contributed by atoms with Crippen molar-refractivity contribution in [2.24, 2.45) is 29.6 Å². The molecule has 0 amide bonds. The third-order valence-corrected chi connectivity index (χ3v) is 58.6. The molecule has 0 spiro atoms. The predicted octanol–water partition coefficient (Wildman–Crippen LogP) is 4.29. The first-order valence-electron chi connectivity index (χ1n) is 17.2. The van der Waals surface area contributed by atoms with E-state index in [1.807, 2.05) is 20.0 Å². The van der Waals surface area contributed by atoms with Crippen molar-refractivity contribution in [1.82, 2.24) is 12.7 Å². The van der Waals surface area contributed by atoms with Gasteiger partial charge in [-0.25, -0.2) is 0 Å². The van der Waals surface area contributed by atoms with Gasteiger partial charge in [-0.1, -0.05) is 26.6 Å². The molecule has 0 aromatic rings. The summed E-state index contributed by atoms with van der Waals surface area (Å²) in [5.41, 5.74) is -2.06. The summed E-state index contributed by atoms with van der Waals surface area (Å²) in [5.74, 6) is 0. The minimum absolute atomic E-state index is 0.442. The zero-order valence-corrected chi connectivity index (χ0v) is 44.4. The van der Waals surface area contributed by atoms with Gasteiger partial charge in [-0.2, -0.15) is 24.5 Å². The molecule has 7 atom stereocenters. The van der Waals surface area contributed by atoms with E-state index in [2.05, 4.69) is 124 Å². The minimum atomic E-state index is -5.57. The second-order valence-corrected chi connectivity index (χ2v) is 53.5. The molecular formula is C22H59N9O12Si10. The van der Waals surface area contributed by atoms with Crippen LogP contribution in [0.1, 0.15) is 20.8 Å². The Morgan fingerprint density at radius 1 is 0.811 bits per heavy atom. The first-order chi connectivity index (χ1) is 23.8. The highest BCUT2D eigenvalue weighted by molar-refractivity contribution is 7.07. The van der Waals surface area contributed by atoms with Gasteiger partial charge >= 0.3 is 43.9 Å². The lowest BCUT2D eigenvalue weighted by atomic mass is 9.95. The van der Waals surface area contributed by atoms with Gasteiger partial charge in [-0.3, -0.25) is 0 Å². The zero-order valence-electron chi connectivity index (χ0n) is 34.3. The summed E-state index contributed by atoms with van der Waals surface area (Å²) < 4.78 is 51.4. The number of nitrogens with two attached hydrogens (primary N) is 1. The summed E-state index contributed by atoms with van der Waals surface area (Å²) in [6, 6.07) is 0. The molecule has 304 valence electrons. The molecule has 3 aliphatic heterocycles. The van der Waals surface area contributed by atoms with Crippen LogP contribution >= 0.6 is 0 Å². The Balaban J connectivity index is 2.45. The van der Waals surface area contributed by atoms with E-state index in [0.29, 0.717) is 0 Å². The van der Waals surface area contributed by atoms with Crippen molar-refractivity contribution >= 4 is 86.3 Å². The van der Waals surface area contributed by atoms with Gasteiger partial charge in [0.25, 0.3) is 0 Å². The molecule has 4 unspecified atom stereocenters. The van der Waals surface area contributed by atoms with Crippen LogP contribution in [0.5, 0.6) is 0 Å². The van der Waals surface area contributed by atoms with Gasteiger partial charge in [-0.15, -0.1) is 0 Å². The molecule has 2 N–H and O–H groups in total. The minimum Gasteiger partial charge on any atom is -0.418 e. The molecule has 3 aliphatic rings. The summed E-state index contributed by atoms with van der Waals surface area (Å²) in [6.07, 6.45) is 0. The number of fused-ring (bicyclic) bond motifs is 3. The molecule has 53 heavy (non-hydrogen) atoms. The average Bonchev–Trinajstić information content (AvgIpc) is 3.38. The maximum absolute atomic E-state index is 12.6. The lowest BCUT2D eigenvalue weighted by molar-refractivity contribution is 0.0893. The van der Waals surface area contributed by atoms with Crippen molar-refractivity contribution in [3.8, 4) is 0 Å². The maximum atomic E-state index is 12.6. The van der Waals surface area contributed by atoms with E-state index in [0.717, 1.165) is 0 Å². The Morgan fingerprint density at radius 2 is 1.30 bits per heavy atom. The molecule has 3 fully saturated rings. The van der Waals surface area contributed by atoms with E-state index in [-0.39, 0.29) is 0 Å². The molecule has 0 bridgehead atoms. The van der Waals surface area contributed by atoms with Crippen LogP contribution in [-0.2, 0) is 29.4 Å². The van der Waals surface area contributed by atoms with E-state index in [9.17, 15) is 24.5 Å². The molecule has 0 aromatic carbocycles. The van der Waals surface area contributed by atoms with E-state index < -0.39 is 108 Å². The van der Waals surface area contributed by atoms with E-state index >= 15 is 0 Å². The van der Waals surface area contributed by atoms with Crippen LogP contribution in [0.15, 0.2) is 24.2 Å². The Kier molecular flexibility index (Phi) is 12.9. The Bertz CT molecular complexity index is 1450. The summed E-state index contributed by atoms with van der Waals surface area (Å²) in [4.78, 5) is 72.8. The van der Waals surface area contributed by atoms with Crippen molar-refractivity contribution in [2.75, 3.05) is 28.3 Å². The molecule has 0 aromatic heterocycles. The SMILES string of the molecule is CO[Si]1(C)O[Si]2(O[Si](N=O)(N=O)O[Si](N=O)(N=O)N=O)O[Si]3(OC)O[SiH](C)[C@]3(C(C)(C)N([Si](C)(C)N)[Si](C)(C)N(C)[Si](C)(C)N(C)[Si](C)(C)C)[C@@H]2[C@H]1C. The van der Waals surface area contributed by atoms with Gasteiger partial charge in [0, 0.05) is 30.8 Å². The van der Waals surface area contributed by atoms with E-state index in [4.69, 9.17) is 34.8 Å². The molecular weight excluding hydrogens is 863 g/mol. The summed E-state index contributed by atoms with van der Waals surface area (Å²) in [7, 11) is -27.6. The molecule has 3 rings (SSSR count). The first-order valence-corrected chi connectivity index (χ1v) is 41.1. The second kappa shape index (κ2) is 14.5. The summed E-state index contributed by atoms with van der Waals surface area (Å²) >= 11 is 0.